The molecule has 0 bridgehead atoms. The molecule has 1 N–H and O–H groups in total. The van der Waals surface area contributed by atoms with E-state index in [9.17, 15) is 4.79 Å². The molecule has 0 saturated carbocycles. The Hall–Kier alpha value is -0.220. The Kier molecular flexibility index (Phi) is 4.59. The molecular weight excluding hydrogens is 186 g/mol. The average molecular weight is 203 g/mol. The number of esters is 1. The first kappa shape index (κ1) is 10.9. The van der Waals surface area contributed by atoms with Gasteiger partial charge in [-0.15, -0.1) is 0 Å². The molecule has 1 heterocycles. The Labute approximate surface area is 83.6 Å². The topological polar surface area (TPSA) is 38.3 Å². The van der Waals surface area contributed by atoms with Crippen molar-refractivity contribution in [3.05, 3.63) is 0 Å². The number of carbonyl (C=O) groups is 1. The molecule has 4 heteroatoms. The van der Waals surface area contributed by atoms with Gasteiger partial charge in [-0.25, -0.2) is 0 Å². The Balaban J connectivity index is 2.13. The van der Waals surface area contributed by atoms with Gasteiger partial charge < -0.3 is 10.1 Å². The van der Waals surface area contributed by atoms with Crippen molar-refractivity contribution < 1.29 is 9.53 Å². The van der Waals surface area contributed by atoms with Crippen LogP contribution in [0, 0.1) is 5.92 Å². The molecule has 0 aromatic rings. The van der Waals surface area contributed by atoms with E-state index in [1.807, 2.05) is 18.7 Å². The van der Waals surface area contributed by atoms with Crippen LogP contribution in [0.3, 0.4) is 0 Å². The van der Waals surface area contributed by atoms with Crippen LogP contribution in [0.5, 0.6) is 0 Å². The molecule has 3 nitrogen and oxygen atoms in total. The molecular formula is C9H17NO2S. The van der Waals surface area contributed by atoms with Crippen molar-refractivity contribution >= 4 is 17.7 Å². The fraction of sp³-hybridized carbons (Fsp3) is 0.889. The summed E-state index contributed by atoms with van der Waals surface area (Å²) in [7, 11) is 1.43. The number of rotatable bonds is 4. The van der Waals surface area contributed by atoms with Gasteiger partial charge in [-0.05, 0) is 12.2 Å². The summed E-state index contributed by atoms with van der Waals surface area (Å²) in [6, 6.07) is 0.595. The first-order valence-electron chi connectivity index (χ1n) is 4.63. The number of carbonyl (C=O) groups excluding carboxylic acids is 1. The second-order valence-electron chi connectivity index (χ2n) is 3.39. The van der Waals surface area contributed by atoms with Gasteiger partial charge >= 0.3 is 5.97 Å². The third-order valence-electron chi connectivity index (χ3n) is 2.25. The summed E-state index contributed by atoms with van der Waals surface area (Å²) in [5.74, 6) is 2.26. The lowest BCUT2D eigenvalue weighted by molar-refractivity contribution is -0.144. The molecule has 0 aliphatic carbocycles. The first-order chi connectivity index (χ1) is 6.24. The predicted molar refractivity (Wildman–Crippen MR) is 54.9 cm³/mol. The van der Waals surface area contributed by atoms with Crippen LogP contribution in [-0.2, 0) is 9.53 Å². The SMILES string of the molecule is COC(=O)C(C)CNC1CCSC1. The van der Waals surface area contributed by atoms with Gasteiger partial charge in [-0.1, -0.05) is 6.92 Å². The summed E-state index contributed by atoms with van der Waals surface area (Å²) in [5.41, 5.74) is 0. The number of nitrogens with one attached hydrogen (secondary N) is 1. The Morgan fingerprint density at radius 2 is 2.54 bits per heavy atom. The summed E-state index contributed by atoms with van der Waals surface area (Å²) in [4.78, 5) is 11.0. The zero-order valence-corrected chi connectivity index (χ0v) is 9.02. The highest BCUT2D eigenvalue weighted by Gasteiger charge is 2.18. The lowest BCUT2D eigenvalue weighted by Crippen LogP contribution is -2.35. The number of hydrogen-bond acceptors (Lipinski definition) is 4. The van der Waals surface area contributed by atoms with Crippen molar-refractivity contribution in [2.45, 2.75) is 19.4 Å². The smallest absolute Gasteiger partial charge is 0.309 e. The third kappa shape index (κ3) is 3.56. The quantitative estimate of drug-likeness (QED) is 0.689. The van der Waals surface area contributed by atoms with Crippen LogP contribution in [0.25, 0.3) is 0 Å². The zero-order chi connectivity index (χ0) is 9.68. The minimum Gasteiger partial charge on any atom is -0.469 e. The second kappa shape index (κ2) is 5.50. The monoisotopic (exact) mass is 203 g/mol. The maximum absolute atomic E-state index is 11.0. The molecule has 0 aromatic carbocycles. The highest BCUT2D eigenvalue weighted by atomic mass is 32.2. The average Bonchev–Trinajstić information content (AvgIpc) is 2.65. The van der Waals surface area contributed by atoms with Crippen molar-refractivity contribution in [3.63, 3.8) is 0 Å². The largest absolute Gasteiger partial charge is 0.469 e. The highest BCUT2D eigenvalue weighted by Crippen LogP contribution is 2.17. The molecule has 1 fully saturated rings. The van der Waals surface area contributed by atoms with Crippen molar-refractivity contribution in [3.8, 4) is 0 Å². The van der Waals surface area contributed by atoms with Crippen LogP contribution in [0.4, 0.5) is 0 Å². The van der Waals surface area contributed by atoms with Crippen LogP contribution in [0.1, 0.15) is 13.3 Å². The Morgan fingerprint density at radius 1 is 1.77 bits per heavy atom. The van der Waals surface area contributed by atoms with E-state index in [-0.39, 0.29) is 11.9 Å². The summed E-state index contributed by atoms with van der Waals surface area (Å²) in [6.07, 6.45) is 1.22. The molecule has 1 aliphatic heterocycles. The highest BCUT2D eigenvalue weighted by molar-refractivity contribution is 7.99. The first-order valence-corrected chi connectivity index (χ1v) is 5.78. The maximum atomic E-state index is 11.0. The minimum absolute atomic E-state index is 0.0319. The van der Waals surface area contributed by atoms with Gasteiger partial charge in [-0.3, -0.25) is 4.79 Å². The second-order valence-corrected chi connectivity index (χ2v) is 4.54. The van der Waals surface area contributed by atoms with Crippen LogP contribution in [0.15, 0.2) is 0 Å². The number of hydrogen-bond donors (Lipinski definition) is 1. The molecule has 13 heavy (non-hydrogen) atoms. The third-order valence-corrected chi connectivity index (χ3v) is 3.41. The molecule has 0 aromatic heterocycles. The number of thioether (sulfide) groups is 1. The van der Waals surface area contributed by atoms with E-state index in [0.717, 1.165) is 6.54 Å². The van der Waals surface area contributed by atoms with E-state index in [0.29, 0.717) is 6.04 Å². The fourth-order valence-electron chi connectivity index (χ4n) is 1.32. The normalized spacial score (nSPS) is 24.3. The summed E-state index contributed by atoms with van der Waals surface area (Å²) >= 11 is 1.97. The van der Waals surface area contributed by atoms with E-state index in [1.54, 1.807) is 0 Å². The van der Waals surface area contributed by atoms with E-state index in [4.69, 9.17) is 0 Å². The summed E-state index contributed by atoms with van der Waals surface area (Å²) < 4.78 is 4.64. The van der Waals surface area contributed by atoms with Crippen molar-refractivity contribution in [2.24, 2.45) is 5.92 Å². The van der Waals surface area contributed by atoms with Crippen molar-refractivity contribution in [1.82, 2.24) is 5.32 Å². The molecule has 1 aliphatic rings. The number of ether oxygens (including phenoxy) is 1. The van der Waals surface area contributed by atoms with Gasteiger partial charge in [0.2, 0.25) is 0 Å². The lowest BCUT2D eigenvalue weighted by atomic mass is 10.1. The van der Waals surface area contributed by atoms with E-state index in [1.165, 1.54) is 25.0 Å². The fourth-order valence-corrected chi connectivity index (χ4v) is 2.51. The predicted octanol–water partition coefficient (Wildman–Crippen LogP) is 0.891. The van der Waals surface area contributed by atoms with Crippen LogP contribution in [-0.4, -0.2) is 37.2 Å². The van der Waals surface area contributed by atoms with Gasteiger partial charge in [0.05, 0.1) is 13.0 Å². The van der Waals surface area contributed by atoms with Gasteiger partial charge in [-0.2, -0.15) is 11.8 Å². The van der Waals surface area contributed by atoms with Gasteiger partial charge in [0.25, 0.3) is 0 Å². The molecule has 1 rings (SSSR count). The van der Waals surface area contributed by atoms with Crippen molar-refractivity contribution in [1.29, 1.82) is 0 Å². The molecule has 76 valence electrons. The Morgan fingerprint density at radius 3 is 3.08 bits per heavy atom. The van der Waals surface area contributed by atoms with Crippen LogP contribution < -0.4 is 5.32 Å². The summed E-state index contributed by atoms with van der Waals surface area (Å²) in [5, 5.41) is 3.37. The number of methoxy groups -OCH3 is 1. The van der Waals surface area contributed by atoms with E-state index >= 15 is 0 Å². The molecule has 0 amide bonds. The standard InChI is InChI=1S/C9H17NO2S/c1-7(9(11)12-2)5-10-8-3-4-13-6-8/h7-8,10H,3-6H2,1-2H3. The van der Waals surface area contributed by atoms with E-state index in [2.05, 4.69) is 10.1 Å². The minimum atomic E-state index is -0.127. The Bertz CT molecular complexity index is 169. The van der Waals surface area contributed by atoms with Crippen molar-refractivity contribution in [2.75, 3.05) is 25.2 Å². The van der Waals surface area contributed by atoms with Gasteiger partial charge in [0, 0.05) is 18.3 Å². The molecule has 0 spiro atoms. The maximum Gasteiger partial charge on any atom is 0.309 e. The molecule has 2 unspecified atom stereocenters. The summed E-state index contributed by atoms with van der Waals surface area (Å²) in [6.45, 7) is 2.62. The van der Waals surface area contributed by atoms with Gasteiger partial charge in [0.15, 0.2) is 0 Å². The molecule has 1 saturated heterocycles. The van der Waals surface area contributed by atoms with Gasteiger partial charge in [0.1, 0.15) is 0 Å². The zero-order valence-electron chi connectivity index (χ0n) is 8.21. The lowest BCUT2D eigenvalue weighted by Gasteiger charge is -2.14. The molecule has 2 atom stereocenters. The van der Waals surface area contributed by atoms with Crippen LogP contribution >= 0.6 is 11.8 Å². The van der Waals surface area contributed by atoms with E-state index < -0.39 is 0 Å². The molecule has 0 radical (unpaired) electrons. The van der Waals surface area contributed by atoms with Crippen LogP contribution in [0.2, 0.25) is 0 Å².